The number of hydrogen-bond acceptors (Lipinski definition) is 4. The molecule has 0 aromatic carbocycles. The van der Waals surface area contributed by atoms with Crippen LogP contribution >= 0.6 is 0 Å². The number of hydrogen-bond donors (Lipinski definition) is 4. The van der Waals surface area contributed by atoms with Crippen LogP contribution in [0.2, 0.25) is 0 Å². The summed E-state index contributed by atoms with van der Waals surface area (Å²) in [5.41, 5.74) is 0. The third-order valence-electron chi connectivity index (χ3n) is 8.28. The van der Waals surface area contributed by atoms with Crippen LogP contribution in [0.5, 0.6) is 0 Å². The van der Waals surface area contributed by atoms with Gasteiger partial charge in [0.2, 0.25) is 5.91 Å². The van der Waals surface area contributed by atoms with E-state index >= 15 is 0 Å². The zero-order valence-corrected chi connectivity index (χ0v) is 27.9. The van der Waals surface area contributed by atoms with Gasteiger partial charge in [-0.15, -0.1) is 0 Å². The van der Waals surface area contributed by atoms with Crippen molar-refractivity contribution >= 4 is 5.91 Å². The molecule has 0 aromatic heterocycles. The van der Waals surface area contributed by atoms with Crippen LogP contribution in [0.1, 0.15) is 181 Å². The first-order valence-corrected chi connectivity index (χ1v) is 18.1. The Morgan fingerprint density at radius 3 is 1.43 bits per heavy atom. The van der Waals surface area contributed by atoms with Gasteiger partial charge < -0.3 is 20.6 Å². The van der Waals surface area contributed by atoms with E-state index in [2.05, 4.69) is 43.5 Å². The van der Waals surface area contributed by atoms with Crippen LogP contribution in [0.25, 0.3) is 0 Å². The molecule has 0 aliphatic carbocycles. The third kappa shape index (κ3) is 27.7. The highest BCUT2D eigenvalue weighted by molar-refractivity contribution is 5.76. The average molecular weight is 594 g/mol. The fourth-order valence-electron chi connectivity index (χ4n) is 5.39. The minimum atomic E-state index is -1.16. The van der Waals surface area contributed by atoms with Gasteiger partial charge in [-0.2, -0.15) is 0 Å². The number of allylic oxidation sites excluding steroid dienone is 4. The molecule has 0 saturated carbocycles. The van der Waals surface area contributed by atoms with Gasteiger partial charge in [-0.25, -0.2) is 0 Å². The van der Waals surface area contributed by atoms with E-state index in [1.54, 1.807) is 0 Å². The molecule has 0 heterocycles. The summed E-state index contributed by atoms with van der Waals surface area (Å²) in [5.74, 6) is -0.162. The molecule has 3 unspecified atom stereocenters. The lowest BCUT2D eigenvalue weighted by Crippen LogP contribution is -2.50. The molecule has 0 saturated heterocycles. The lowest BCUT2D eigenvalue weighted by molar-refractivity contribution is -0.124. The predicted octanol–water partition coefficient (Wildman–Crippen LogP) is 9.48. The van der Waals surface area contributed by atoms with Crippen LogP contribution in [0.4, 0.5) is 0 Å². The maximum atomic E-state index is 12.3. The van der Waals surface area contributed by atoms with E-state index in [-0.39, 0.29) is 12.5 Å². The van der Waals surface area contributed by atoms with Gasteiger partial charge in [0, 0.05) is 6.42 Å². The topological polar surface area (TPSA) is 89.8 Å². The average Bonchev–Trinajstić information content (AvgIpc) is 2.99. The molecule has 0 aliphatic heterocycles. The number of carbonyl (C=O) groups is 1. The molecule has 0 rings (SSSR count). The zero-order valence-electron chi connectivity index (χ0n) is 27.9. The first-order chi connectivity index (χ1) is 20.6. The Morgan fingerprint density at radius 1 is 0.571 bits per heavy atom. The molecule has 1 amide bonds. The first kappa shape index (κ1) is 40.8. The molecule has 5 nitrogen and oxygen atoms in total. The minimum absolute atomic E-state index is 0.162. The van der Waals surface area contributed by atoms with Crippen molar-refractivity contribution in [1.29, 1.82) is 0 Å². The van der Waals surface area contributed by atoms with Crippen molar-refractivity contribution < 1.29 is 20.1 Å². The molecular formula is C37H71NO4. The van der Waals surface area contributed by atoms with Crippen LogP contribution < -0.4 is 5.32 Å². The lowest BCUT2D eigenvalue weighted by atomic mass is 10.0. The highest BCUT2D eigenvalue weighted by atomic mass is 16.3. The number of aliphatic hydroxyl groups excluding tert-OH is 3. The fourth-order valence-corrected chi connectivity index (χ4v) is 5.39. The Morgan fingerprint density at radius 2 is 0.952 bits per heavy atom. The molecule has 0 aromatic rings. The molecule has 3 atom stereocenters. The largest absolute Gasteiger partial charge is 0.394 e. The number of unbranched alkanes of at least 4 members (excludes halogenated alkanes) is 20. The van der Waals surface area contributed by atoms with Crippen molar-refractivity contribution in [3.8, 4) is 0 Å². The predicted molar refractivity (Wildman–Crippen MR) is 181 cm³/mol. The second kappa shape index (κ2) is 32.7. The fraction of sp³-hybridized carbons (Fsp3) is 0.865. The third-order valence-corrected chi connectivity index (χ3v) is 8.28. The molecule has 42 heavy (non-hydrogen) atoms. The van der Waals surface area contributed by atoms with Gasteiger partial charge in [0.1, 0.15) is 6.10 Å². The van der Waals surface area contributed by atoms with Gasteiger partial charge in [0.25, 0.3) is 0 Å². The van der Waals surface area contributed by atoms with E-state index in [1.165, 1.54) is 116 Å². The van der Waals surface area contributed by atoms with Gasteiger partial charge in [-0.05, 0) is 64.2 Å². The SMILES string of the molecule is CCCCC/C=C/CCCC(O)C(O)C(CO)NC(=O)CCCCCCCCC/C=C\CCCCCCCCCCC. The van der Waals surface area contributed by atoms with Gasteiger partial charge in [0.15, 0.2) is 0 Å². The van der Waals surface area contributed by atoms with E-state index in [1.807, 2.05) is 0 Å². The lowest BCUT2D eigenvalue weighted by Gasteiger charge is -2.26. The molecular weight excluding hydrogens is 522 g/mol. The first-order valence-electron chi connectivity index (χ1n) is 18.1. The van der Waals surface area contributed by atoms with Crippen LogP contribution in [-0.2, 0) is 4.79 Å². The molecule has 248 valence electrons. The highest BCUT2D eigenvalue weighted by Gasteiger charge is 2.26. The van der Waals surface area contributed by atoms with Crippen molar-refractivity contribution in [2.75, 3.05) is 6.61 Å². The van der Waals surface area contributed by atoms with E-state index in [4.69, 9.17) is 0 Å². The van der Waals surface area contributed by atoms with E-state index in [0.717, 1.165) is 38.5 Å². The van der Waals surface area contributed by atoms with Crippen molar-refractivity contribution in [1.82, 2.24) is 5.32 Å². The molecule has 0 spiro atoms. The van der Waals surface area contributed by atoms with Crippen LogP contribution in [0, 0.1) is 0 Å². The Hall–Kier alpha value is -1.17. The zero-order chi connectivity index (χ0) is 30.9. The number of nitrogens with one attached hydrogen (secondary N) is 1. The van der Waals surface area contributed by atoms with Gasteiger partial charge >= 0.3 is 0 Å². The minimum Gasteiger partial charge on any atom is -0.394 e. The second-order valence-electron chi connectivity index (χ2n) is 12.4. The molecule has 4 N–H and O–H groups in total. The van der Waals surface area contributed by atoms with E-state index in [9.17, 15) is 20.1 Å². The highest BCUT2D eigenvalue weighted by Crippen LogP contribution is 2.13. The monoisotopic (exact) mass is 594 g/mol. The Bertz CT molecular complexity index is 621. The van der Waals surface area contributed by atoms with Gasteiger partial charge in [0.05, 0.1) is 18.8 Å². The Labute approximate surface area is 261 Å². The maximum Gasteiger partial charge on any atom is 0.220 e. The smallest absolute Gasteiger partial charge is 0.220 e. The van der Waals surface area contributed by atoms with Crippen molar-refractivity contribution in [2.24, 2.45) is 0 Å². The summed E-state index contributed by atoms with van der Waals surface area (Å²) in [7, 11) is 0. The number of amides is 1. The van der Waals surface area contributed by atoms with Gasteiger partial charge in [-0.1, -0.05) is 134 Å². The number of rotatable bonds is 32. The molecule has 0 bridgehead atoms. The van der Waals surface area contributed by atoms with Crippen LogP contribution in [-0.4, -0.2) is 46.1 Å². The number of aliphatic hydroxyl groups is 3. The summed E-state index contributed by atoms with van der Waals surface area (Å²) < 4.78 is 0. The van der Waals surface area contributed by atoms with Crippen LogP contribution in [0.15, 0.2) is 24.3 Å². The molecule has 0 radical (unpaired) electrons. The van der Waals surface area contributed by atoms with E-state index < -0.39 is 18.2 Å². The maximum absolute atomic E-state index is 12.3. The summed E-state index contributed by atoms with van der Waals surface area (Å²) in [4.78, 5) is 12.3. The van der Waals surface area contributed by atoms with Crippen LogP contribution in [0.3, 0.4) is 0 Å². The summed E-state index contributed by atoms with van der Waals surface area (Å²) in [6.45, 7) is 4.09. The van der Waals surface area contributed by atoms with Crippen molar-refractivity contribution in [3.63, 3.8) is 0 Å². The molecule has 0 aliphatic rings. The Kier molecular flexibility index (Phi) is 31.8. The number of carbonyl (C=O) groups excluding carboxylic acids is 1. The second-order valence-corrected chi connectivity index (χ2v) is 12.4. The quantitative estimate of drug-likeness (QED) is 0.0462. The standard InChI is InChI=1S/C37H71NO4/c1-3-5-7-9-11-13-14-15-16-17-18-19-20-21-22-23-24-26-28-30-32-36(41)38-34(33-39)37(42)35(40)31-29-27-25-12-10-8-6-4-2/h12,18-19,25,34-35,37,39-40,42H,3-11,13-17,20-24,26-33H2,1-2H3,(H,38,41)/b19-18-,25-12+. The van der Waals surface area contributed by atoms with Gasteiger partial charge in [-0.3, -0.25) is 4.79 Å². The summed E-state index contributed by atoms with van der Waals surface area (Å²) in [5, 5.41) is 33.1. The molecule has 5 heteroatoms. The molecule has 0 fully saturated rings. The summed E-state index contributed by atoms with van der Waals surface area (Å²) >= 11 is 0. The normalized spacial score (nSPS) is 14.1. The Balaban J connectivity index is 3.65. The van der Waals surface area contributed by atoms with Crippen molar-refractivity contribution in [3.05, 3.63) is 24.3 Å². The summed E-state index contributed by atoms with van der Waals surface area (Å²) in [6, 6.07) is -0.823. The summed E-state index contributed by atoms with van der Waals surface area (Å²) in [6.07, 6.45) is 37.2. The van der Waals surface area contributed by atoms with Crippen molar-refractivity contribution in [2.45, 2.75) is 199 Å². The van der Waals surface area contributed by atoms with E-state index in [0.29, 0.717) is 12.8 Å².